The Morgan fingerprint density at radius 1 is 1.23 bits per heavy atom. The fraction of sp³-hybridized carbons (Fsp3) is 0.263. The Kier molecular flexibility index (Phi) is 5.32. The van der Waals surface area contributed by atoms with Crippen molar-refractivity contribution in [2.75, 3.05) is 11.9 Å². The summed E-state index contributed by atoms with van der Waals surface area (Å²) < 4.78 is 16.3. The van der Waals surface area contributed by atoms with Crippen molar-refractivity contribution in [1.29, 1.82) is 0 Å². The number of hydrogen-bond donors (Lipinski definition) is 1. The van der Waals surface area contributed by atoms with Gasteiger partial charge in [-0.25, -0.2) is 4.79 Å². The monoisotopic (exact) mass is 375 g/mol. The molecule has 0 fully saturated rings. The molecule has 2 aromatic carbocycles. The van der Waals surface area contributed by atoms with E-state index in [0.717, 1.165) is 5.56 Å². The fourth-order valence-corrected chi connectivity index (χ4v) is 2.57. The Hall–Kier alpha value is -2.73. The smallest absolute Gasteiger partial charge is 0.351 e. The zero-order valence-corrected chi connectivity index (χ0v) is 15.1. The molecular formula is C19H18ClNO5. The number of aryl methyl sites for hydroxylation is 1. The number of halogens is 1. The molecule has 3 rings (SSSR count). The number of ether oxygens (including phenoxy) is 3. The van der Waals surface area contributed by atoms with Crippen LogP contribution in [-0.2, 0) is 14.3 Å². The number of carbonyl (C=O) groups excluding carboxylic acids is 2. The van der Waals surface area contributed by atoms with E-state index < -0.39 is 24.1 Å². The normalized spacial score (nSPS) is 16.5. The molecule has 2 atom stereocenters. The fourth-order valence-electron chi connectivity index (χ4n) is 2.40. The Balaban J connectivity index is 1.59. The average Bonchev–Trinajstić information content (AvgIpc) is 2.64. The first-order valence-electron chi connectivity index (χ1n) is 8.10. The lowest BCUT2D eigenvalue weighted by Gasteiger charge is -2.26. The molecule has 0 bridgehead atoms. The van der Waals surface area contributed by atoms with Crippen molar-refractivity contribution >= 4 is 29.2 Å². The van der Waals surface area contributed by atoms with Gasteiger partial charge >= 0.3 is 5.97 Å². The molecule has 1 aliphatic rings. The van der Waals surface area contributed by atoms with Gasteiger partial charge in [-0.15, -0.1) is 0 Å². The van der Waals surface area contributed by atoms with Gasteiger partial charge in [0.15, 0.2) is 17.6 Å². The minimum absolute atomic E-state index is 0.0254. The molecule has 0 saturated heterocycles. The number of para-hydroxylation sites is 2. The molecule has 0 radical (unpaired) electrons. The lowest BCUT2D eigenvalue weighted by Crippen LogP contribution is -2.41. The molecule has 1 aliphatic heterocycles. The summed E-state index contributed by atoms with van der Waals surface area (Å²) >= 11 is 5.94. The molecule has 1 N–H and O–H groups in total. The van der Waals surface area contributed by atoms with Crippen LogP contribution in [0.3, 0.4) is 0 Å². The SMILES string of the molecule is Cc1ccc(Cl)cc1NC(=O)[C@@H](C)OC(=O)[C@@H]1COc2ccccc2O1. The van der Waals surface area contributed by atoms with Gasteiger partial charge in [-0.3, -0.25) is 4.79 Å². The number of amides is 1. The van der Waals surface area contributed by atoms with Crippen molar-refractivity contribution in [1.82, 2.24) is 0 Å². The molecule has 0 spiro atoms. The van der Waals surface area contributed by atoms with Crippen LogP contribution >= 0.6 is 11.6 Å². The highest BCUT2D eigenvalue weighted by Crippen LogP contribution is 2.31. The van der Waals surface area contributed by atoms with E-state index in [9.17, 15) is 9.59 Å². The third kappa shape index (κ3) is 4.08. The molecule has 1 amide bonds. The lowest BCUT2D eigenvalue weighted by atomic mass is 10.2. The predicted octanol–water partition coefficient (Wildman–Crippen LogP) is 3.36. The Morgan fingerprint density at radius 3 is 2.73 bits per heavy atom. The molecule has 1 heterocycles. The molecule has 26 heavy (non-hydrogen) atoms. The maximum atomic E-state index is 12.3. The average molecular weight is 376 g/mol. The summed E-state index contributed by atoms with van der Waals surface area (Å²) in [5, 5.41) is 3.20. The van der Waals surface area contributed by atoms with Crippen molar-refractivity contribution in [2.45, 2.75) is 26.1 Å². The number of anilines is 1. The van der Waals surface area contributed by atoms with Crippen molar-refractivity contribution in [3.63, 3.8) is 0 Å². The van der Waals surface area contributed by atoms with E-state index in [1.165, 1.54) is 6.92 Å². The number of carbonyl (C=O) groups is 2. The van der Waals surface area contributed by atoms with Crippen molar-refractivity contribution in [3.8, 4) is 11.5 Å². The van der Waals surface area contributed by atoms with Crippen LogP contribution in [0.4, 0.5) is 5.69 Å². The molecule has 0 saturated carbocycles. The molecule has 7 heteroatoms. The van der Waals surface area contributed by atoms with E-state index in [2.05, 4.69) is 5.32 Å². The first-order chi connectivity index (χ1) is 12.4. The summed E-state index contributed by atoms with van der Waals surface area (Å²) in [5.41, 5.74) is 1.42. The highest BCUT2D eigenvalue weighted by Gasteiger charge is 2.31. The summed E-state index contributed by atoms with van der Waals surface area (Å²) in [5.74, 6) is -0.0862. The number of nitrogens with one attached hydrogen (secondary N) is 1. The number of hydrogen-bond acceptors (Lipinski definition) is 5. The van der Waals surface area contributed by atoms with Gasteiger partial charge in [0.1, 0.15) is 6.61 Å². The predicted molar refractivity (Wildman–Crippen MR) is 96.7 cm³/mol. The summed E-state index contributed by atoms with van der Waals surface area (Å²) in [6, 6.07) is 12.2. The lowest BCUT2D eigenvalue weighted by molar-refractivity contribution is -0.162. The van der Waals surface area contributed by atoms with Gasteiger partial charge in [-0.2, -0.15) is 0 Å². The summed E-state index contributed by atoms with van der Waals surface area (Å²) in [6.07, 6.45) is -1.92. The van der Waals surface area contributed by atoms with Gasteiger partial charge in [-0.1, -0.05) is 29.8 Å². The number of rotatable bonds is 4. The Morgan fingerprint density at radius 2 is 1.96 bits per heavy atom. The third-order valence-corrected chi connectivity index (χ3v) is 4.13. The summed E-state index contributed by atoms with van der Waals surface area (Å²) in [4.78, 5) is 24.6. The van der Waals surface area contributed by atoms with Crippen LogP contribution in [0.25, 0.3) is 0 Å². The first kappa shape index (κ1) is 18.1. The van der Waals surface area contributed by atoms with E-state index in [1.807, 2.05) is 13.0 Å². The van der Waals surface area contributed by atoms with Crippen LogP contribution in [0.5, 0.6) is 11.5 Å². The molecule has 0 unspecified atom stereocenters. The highest BCUT2D eigenvalue weighted by molar-refractivity contribution is 6.31. The van der Waals surface area contributed by atoms with Gasteiger partial charge in [0.2, 0.25) is 6.10 Å². The van der Waals surface area contributed by atoms with Crippen LogP contribution in [0.15, 0.2) is 42.5 Å². The number of fused-ring (bicyclic) bond motifs is 1. The van der Waals surface area contributed by atoms with Crippen molar-refractivity contribution < 1.29 is 23.8 Å². The number of benzene rings is 2. The second-order valence-corrected chi connectivity index (χ2v) is 6.33. The van der Waals surface area contributed by atoms with Crippen molar-refractivity contribution in [2.24, 2.45) is 0 Å². The molecule has 6 nitrogen and oxygen atoms in total. The third-order valence-electron chi connectivity index (χ3n) is 3.89. The van der Waals surface area contributed by atoms with Gasteiger partial charge in [0, 0.05) is 10.7 Å². The Labute approximate surface area is 156 Å². The maximum Gasteiger partial charge on any atom is 0.351 e. The van der Waals surface area contributed by atoms with Crippen LogP contribution in [0, 0.1) is 6.92 Å². The largest absolute Gasteiger partial charge is 0.485 e. The maximum absolute atomic E-state index is 12.3. The van der Waals surface area contributed by atoms with Crippen LogP contribution < -0.4 is 14.8 Å². The van der Waals surface area contributed by atoms with Gasteiger partial charge in [0.25, 0.3) is 5.91 Å². The zero-order valence-electron chi connectivity index (χ0n) is 14.3. The van der Waals surface area contributed by atoms with Crippen LogP contribution in [0.2, 0.25) is 5.02 Å². The second-order valence-electron chi connectivity index (χ2n) is 5.89. The van der Waals surface area contributed by atoms with E-state index in [-0.39, 0.29) is 6.61 Å². The molecule has 2 aromatic rings. The molecule has 136 valence electrons. The quantitative estimate of drug-likeness (QED) is 0.829. The summed E-state index contributed by atoms with van der Waals surface area (Å²) in [6.45, 7) is 3.36. The van der Waals surface area contributed by atoms with Crippen molar-refractivity contribution in [3.05, 3.63) is 53.1 Å². The van der Waals surface area contributed by atoms with E-state index in [4.69, 9.17) is 25.8 Å². The standard InChI is InChI=1S/C19H18ClNO5/c1-11-7-8-13(20)9-14(11)21-18(22)12(2)25-19(23)17-10-24-15-5-3-4-6-16(15)26-17/h3-9,12,17H,10H2,1-2H3,(H,21,22)/t12-,17+/m1/s1. The van der Waals surface area contributed by atoms with Crippen LogP contribution in [-0.4, -0.2) is 30.7 Å². The van der Waals surface area contributed by atoms with Gasteiger partial charge in [-0.05, 0) is 43.7 Å². The van der Waals surface area contributed by atoms with E-state index >= 15 is 0 Å². The molecule has 0 aromatic heterocycles. The number of esters is 1. The van der Waals surface area contributed by atoms with Gasteiger partial charge in [0.05, 0.1) is 0 Å². The first-order valence-corrected chi connectivity index (χ1v) is 8.48. The Bertz CT molecular complexity index is 838. The molecular weight excluding hydrogens is 358 g/mol. The topological polar surface area (TPSA) is 73.9 Å². The van der Waals surface area contributed by atoms with E-state index in [1.54, 1.807) is 36.4 Å². The van der Waals surface area contributed by atoms with Gasteiger partial charge < -0.3 is 19.5 Å². The second kappa shape index (κ2) is 7.66. The minimum atomic E-state index is -0.998. The zero-order chi connectivity index (χ0) is 18.7. The van der Waals surface area contributed by atoms with E-state index in [0.29, 0.717) is 22.2 Å². The highest BCUT2D eigenvalue weighted by atomic mass is 35.5. The summed E-state index contributed by atoms with van der Waals surface area (Å²) in [7, 11) is 0. The molecule has 0 aliphatic carbocycles. The van der Waals surface area contributed by atoms with Crippen LogP contribution in [0.1, 0.15) is 12.5 Å². The minimum Gasteiger partial charge on any atom is -0.485 e.